The number of aryl methyl sites for hydroxylation is 1. The number of nitrogens with two attached hydrogens (primary N) is 1. The first-order valence-electron chi connectivity index (χ1n) is 5.96. The molecular weight excluding hydrogens is 246 g/mol. The van der Waals surface area contributed by atoms with Crippen molar-refractivity contribution >= 4 is 23.1 Å². The lowest BCUT2D eigenvalue weighted by molar-refractivity contribution is 0.833. The zero-order chi connectivity index (χ0) is 12.8. The van der Waals surface area contributed by atoms with Crippen LogP contribution in [0.2, 0.25) is 5.02 Å². The SMILES string of the molecule is NCCCc1cccc(Nc2ncccc2Cl)c1. The van der Waals surface area contributed by atoms with E-state index in [1.807, 2.05) is 24.3 Å². The zero-order valence-electron chi connectivity index (χ0n) is 10.1. The maximum Gasteiger partial charge on any atom is 0.149 e. The second-order valence-electron chi connectivity index (χ2n) is 4.05. The normalized spacial score (nSPS) is 10.3. The molecule has 3 N–H and O–H groups in total. The number of hydrogen-bond acceptors (Lipinski definition) is 3. The van der Waals surface area contributed by atoms with Crippen LogP contribution in [0.25, 0.3) is 0 Å². The maximum absolute atomic E-state index is 6.06. The molecule has 0 amide bonds. The van der Waals surface area contributed by atoms with Crippen LogP contribution < -0.4 is 11.1 Å². The molecule has 3 nitrogen and oxygen atoms in total. The Morgan fingerprint density at radius 2 is 2.11 bits per heavy atom. The highest BCUT2D eigenvalue weighted by Gasteiger charge is 2.01. The summed E-state index contributed by atoms with van der Waals surface area (Å²) in [5.74, 6) is 0.676. The minimum atomic E-state index is 0.616. The van der Waals surface area contributed by atoms with Crippen molar-refractivity contribution in [2.24, 2.45) is 5.73 Å². The van der Waals surface area contributed by atoms with Gasteiger partial charge in [-0.1, -0.05) is 23.7 Å². The highest BCUT2D eigenvalue weighted by atomic mass is 35.5. The molecule has 0 saturated heterocycles. The maximum atomic E-state index is 6.06. The fourth-order valence-corrected chi connectivity index (χ4v) is 1.89. The van der Waals surface area contributed by atoms with Gasteiger partial charge in [0.2, 0.25) is 0 Å². The molecule has 4 heteroatoms. The van der Waals surface area contributed by atoms with Crippen LogP contribution >= 0.6 is 11.6 Å². The Balaban J connectivity index is 2.12. The van der Waals surface area contributed by atoms with Gasteiger partial charge in [0.05, 0.1) is 5.02 Å². The number of halogens is 1. The molecular formula is C14H16ClN3. The van der Waals surface area contributed by atoms with Crippen LogP contribution in [0.3, 0.4) is 0 Å². The third-order valence-electron chi connectivity index (χ3n) is 2.62. The summed E-state index contributed by atoms with van der Waals surface area (Å²) >= 11 is 6.06. The fraction of sp³-hybridized carbons (Fsp3) is 0.214. The van der Waals surface area contributed by atoms with Crippen LogP contribution in [-0.2, 0) is 6.42 Å². The van der Waals surface area contributed by atoms with Gasteiger partial charge in [0, 0.05) is 11.9 Å². The van der Waals surface area contributed by atoms with Crippen LogP contribution in [0.1, 0.15) is 12.0 Å². The van der Waals surface area contributed by atoms with Crippen molar-refractivity contribution in [2.75, 3.05) is 11.9 Å². The van der Waals surface area contributed by atoms with Crippen molar-refractivity contribution in [1.82, 2.24) is 4.98 Å². The third-order valence-corrected chi connectivity index (χ3v) is 2.92. The molecule has 1 aromatic heterocycles. The number of hydrogen-bond donors (Lipinski definition) is 2. The Morgan fingerprint density at radius 3 is 2.89 bits per heavy atom. The quantitative estimate of drug-likeness (QED) is 0.868. The average Bonchev–Trinajstić information content (AvgIpc) is 2.40. The summed E-state index contributed by atoms with van der Waals surface area (Å²) in [6.45, 7) is 0.712. The number of rotatable bonds is 5. The van der Waals surface area contributed by atoms with E-state index in [2.05, 4.69) is 22.4 Å². The van der Waals surface area contributed by atoms with Crippen LogP contribution in [0.5, 0.6) is 0 Å². The van der Waals surface area contributed by atoms with Crippen LogP contribution in [0.4, 0.5) is 11.5 Å². The van der Waals surface area contributed by atoms with Gasteiger partial charge in [0.15, 0.2) is 0 Å². The Labute approximate surface area is 112 Å². The number of benzene rings is 1. The van der Waals surface area contributed by atoms with Crippen molar-refractivity contribution < 1.29 is 0 Å². The Bertz CT molecular complexity index is 514. The standard InChI is InChI=1S/C14H16ClN3/c15-13-7-3-9-17-14(13)18-12-6-1-4-11(10-12)5-2-8-16/h1,3-4,6-7,9-10H,2,5,8,16H2,(H,17,18). The first kappa shape index (κ1) is 12.9. The first-order chi connectivity index (χ1) is 8.79. The number of aromatic nitrogens is 1. The lowest BCUT2D eigenvalue weighted by Gasteiger charge is -2.08. The molecule has 0 saturated carbocycles. The molecule has 1 heterocycles. The fourth-order valence-electron chi connectivity index (χ4n) is 1.73. The van der Waals surface area contributed by atoms with Gasteiger partial charge in [-0.25, -0.2) is 4.98 Å². The Kier molecular flexibility index (Phi) is 4.56. The molecule has 2 aromatic rings. The minimum absolute atomic E-state index is 0.616. The summed E-state index contributed by atoms with van der Waals surface area (Å²) in [5.41, 5.74) is 7.77. The topological polar surface area (TPSA) is 50.9 Å². The van der Waals surface area contributed by atoms with Gasteiger partial charge in [0.25, 0.3) is 0 Å². The van der Waals surface area contributed by atoms with E-state index < -0.39 is 0 Å². The number of pyridine rings is 1. The van der Waals surface area contributed by atoms with E-state index in [0.717, 1.165) is 18.5 Å². The highest BCUT2D eigenvalue weighted by molar-refractivity contribution is 6.33. The van der Waals surface area contributed by atoms with E-state index in [4.69, 9.17) is 17.3 Å². The van der Waals surface area contributed by atoms with Crippen LogP contribution in [0.15, 0.2) is 42.6 Å². The molecule has 0 bridgehead atoms. The summed E-state index contributed by atoms with van der Waals surface area (Å²) in [4.78, 5) is 4.20. The van der Waals surface area contributed by atoms with Gasteiger partial charge in [0.1, 0.15) is 5.82 Å². The number of nitrogens with zero attached hydrogens (tertiary/aromatic N) is 1. The predicted molar refractivity (Wildman–Crippen MR) is 76.3 cm³/mol. The van der Waals surface area contributed by atoms with E-state index in [1.54, 1.807) is 6.20 Å². The largest absolute Gasteiger partial charge is 0.339 e. The van der Waals surface area contributed by atoms with Gasteiger partial charge in [-0.05, 0) is 49.2 Å². The summed E-state index contributed by atoms with van der Waals surface area (Å²) in [6, 6.07) is 11.8. The van der Waals surface area contributed by atoms with Crippen LogP contribution in [0, 0.1) is 0 Å². The molecule has 0 aliphatic rings. The second-order valence-corrected chi connectivity index (χ2v) is 4.46. The zero-order valence-corrected chi connectivity index (χ0v) is 10.8. The summed E-state index contributed by atoms with van der Waals surface area (Å²) in [6.07, 6.45) is 3.70. The van der Waals surface area contributed by atoms with E-state index in [-0.39, 0.29) is 0 Å². The minimum Gasteiger partial charge on any atom is -0.339 e. The lowest BCUT2D eigenvalue weighted by Crippen LogP contribution is -2.00. The van der Waals surface area contributed by atoms with Gasteiger partial charge in [-0.3, -0.25) is 0 Å². The molecule has 0 aliphatic carbocycles. The summed E-state index contributed by atoms with van der Waals surface area (Å²) in [7, 11) is 0. The highest BCUT2D eigenvalue weighted by Crippen LogP contribution is 2.23. The number of anilines is 2. The summed E-state index contributed by atoms with van der Waals surface area (Å²) in [5, 5.41) is 3.83. The Hall–Kier alpha value is -1.58. The van der Waals surface area contributed by atoms with E-state index in [9.17, 15) is 0 Å². The molecule has 1 aromatic carbocycles. The molecule has 0 radical (unpaired) electrons. The van der Waals surface area contributed by atoms with Gasteiger partial charge in [-0.15, -0.1) is 0 Å². The van der Waals surface area contributed by atoms with Crippen LogP contribution in [-0.4, -0.2) is 11.5 Å². The van der Waals surface area contributed by atoms with E-state index >= 15 is 0 Å². The smallest absolute Gasteiger partial charge is 0.149 e. The van der Waals surface area contributed by atoms with Crippen molar-refractivity contribution in [3.8, 4) is 0 Å². The summed E-state index contributed by atoms with van der Waals surface area (Å²) < 4.78 is 0. The molecule has 2 rings (SSSR count). The van der Waals surface area contributed by atoms with E-state index in [1.165, 1.54) is 5.56 Å². The van der Waals surface area contributed by atoms with Gasteiger partial charge in [-0.2, -0.15) is 0 Å². The molecule has 0 unspecified atom stereocenters. The Morgan fingerprint density at radius 1 is 1.22 bits per heavy atom. The van der Waals surface area contributed by atoms with E-state index in [0.29, 0.717) is 17.4 Å². The molecule has 94 valence electrons. The van der Waals surface area contributed by atoms with Gasteiger partial charge >= 0.3 is 0 Å². The number of nitrogens with one attached hydrogen (secondary N) is 1. The molecule has 0 spiro atoms. The predicted octanol–water partition coefficient (Wildman–Crippen LogP) is 3.37. The first-order valence-corrected chi connectivity index (χ1v) is 6.34. The average molecular weight is 262 g/mol. The molecule has 0 aliphatic heterocycles. The third kappa shape index (κ3) is 3.45. The second kappa shape index (κ2) is 6.38. The van der Waals surface area contributed by atoms with Gasteiger partial charge < -0.3 is 11.1 Å². The van der Waals surface area contributed by atoms with Crippen molar-refractivity contribution in [3.63, 3.8) is 0 Å². The monoisotopic (exact) mass is 261 g/mol. The lowest BCUT2D eigenvalue weighted by atomic mass is 10.1. The van der Waals surface area contributed by atoms with Crippen molar-refractivity contribution in [2.45, 2.75) is 12.8 Å². The van der Waals surface area contributed by atoms with Crippen molar-refractivity contribution in [1.29, 1.82) is 0 Å². The molecule has 18 heavy (non-hydrogen) atoms. The molecule has 0 fully saturated rings. The van der Waals surface area contributed by atoms with Crippen molar-refractivity contribution in [3.05, 3.63) is 53.2 Å². The molecule has 0 atom stereocenters.